The van der Waals surface area contributed by atoms with E-state index >= 15 is 0 Å². The van der Waals surface area contributed by atoms with E-state index in [1.54, 1.807) is 4.90 Å². The van der Waals surface area contributed by atoms with E-state index in [1.807, 2.05) is 20.8 Å². The molecule has 0 aromatic carbocycles. The third-order valence-electron chi connectivity index (χ3n) is 3.57. The summed E-state index contributed by atoms with van der Waals surface area (Å²) in [7, 11) is 2.16. The van der Waals surface area contributed by atoms with Gasteiger partial charge in [-0.25, -0.2) is 4.79 Å². The fraction of sp³-hybridized carbons (Fsp3) is 0.923. The van der Waals surface area contributed by atoms with Crippen LogP contribution in [-0.2, 0) is 4.74 Å². The molecule has 2 aliphatic rings. The van der Waals surface area contributed by atoms with Crippen molar-refractivity contribution in [1.29, 1.82) is 0 Å². The first-order chi connectivity index (χ1) is 8.35. The Morgan fingerprint density at radius 2 is 1.67 bits per heavy atom. The van der Waals surface area contributed by atoms with Gasteiger partial charge < -0.3 is 14.5 Å². The van der Waals surface area contributed by atoms with Crippen LogP contribution in [0, 0.1) is 0 Å². The van der Waals surface area contributed by atoms with Gasteiger partial charge in [-0.15, -0.1) is 0 Å². The summed E-state index contributed by atoms with van der Waals surface area (Å²) >= 11 is 0. The normalized spacial score (nSPS) is 23.9. The van der Waals surface area contributed by atoms with Crippen LogP contribution >= 0.6 is 0 Å². The largest absolute Gasteiger partial charge is 0.444 e. The monoisotopic (exact) mass is 255 g/mol. The van der Waals surface area contributed by atoms with Gasteiger partial charge in [0.25, 0.3) is 0 Å². The van der Waals surface area contributed by atoms with Crippen molar-refractivity contribution in [1.82, 2.24) is 14.7 Å². The number of hydrogen-bond acceptors (Lipinski definition) is 4. The maximum Gasteiger partial charge on any atom is 0.410 e. The highest BCUT2D eigenvalue weighted by atomic mass is 16.6. The van der Waals surface area contributed by atoms with Gasteiger partial charge in [0.1, 0.15) is 5.60 Å². The van der Waals surface area contributed by atoms with E-state index in [1.165, 1.54) is 0 Å². The molecule has 0 radical (unpaired) electrons. The van der Waals surface area contributed by atoms with Gasteiger partial charge in [0, 0.05) is 45.3 Å². The van der Waals surface area contributed by atoms with Crippen LogP contribution in [0.5, 0.6) is 0 Å². The number of ether oxygens (including phenoxy) is 1. The molecule has 5 heteroatoms. The highest BCUT2D eigenvalue weighted by Crippen LogP contribution is 2.19. The molecule has 2 fully saturated rings. The molecule has 5 nitrogen and oxygen atoms in total. The number of carbonyl (C=O) groups excluding carboxylic acids is 1. The molecule has 0 N–H and O–H groups in total. The Kier molecular flexibility index (Phi) is 3.82. The standard InChI is InChI=1S/C13H25N3O2/c1-13(2,3)18-12(17)16-9-11(10-16)15-7-5-14(4)6-8-15/h11H,5-10H2,1-4H3. The lowest BCUT2D eigenvalue weighted by atomic mass is 10.1. The summed E-state index contributed by atoms with van der Waals surface area (Å²) in [6, 6.07) is 0.534. The highest BCUT2D eigenvalue weighted by molar-refractivity contribution is 5.69. The number of amides is 1. The van der Waals surface area contributed by atoms with Gasteiger partial charge in [0.05, 0.1) is 0 Å². The van der Waals surface area contributed by atoms with Crippen molar-refractivity contribution in [3.8, 4) is 0 Å². The average molecular weight is 255 g/mol. The molecule has 2 saturated heterocycles. The first kappa shape index (κ1) is 13.6. The zero-order chi connectivity index (χ0) is 13.3. The number of carbonyl (C=O) groups is 1. The third-order valence-corrected chi connectivity index (χ3v) is 3.57. The van der Waals surface area contributed by atoms with Crippen molar-refractivity contribution >= 4 is 6.09 Å². The van der Waals surface area contributed by atoms with Gasteiger partial charge in [-0.3, -0.25) is 4.90 Å². The number of hydrogen-bond donors (Lipinski definition) is 0. The van der Waals surface area contributed by atoms with Gasteiger partial charge in [0.2, 0.25) is 0 Å². The molecule has 104 valence electrons. The lowest BCUT2D eigenvalue weighted by Crippen LogP contribution is -2.64. The molecule has 0 atom stereocenters. The van der Waals surface area contributed by atoms with Crippen LogP contribution in [0.15, 0.2) is 0 Å². The summed E-state index contributed by atoms with van der Waals surface area (Å²) in [4.78, 5) is 18.4. The molecule has 0 aromatic heterocycles. The second kappa shape index (κ2) is 5.05. The van der Waals surface area contributed by atoms with E-state index in [4.69, 9.17) is 4.74 Å². The van der Waals surface area contributed by atoms with Gasteiger partial charge in [-0.1, -0.05) is 0 Å². The smallest absolute Gasteiger partial charge is 0.410 e. The quantitative estimate of drug-likeness (QED) is 0.696. The van der Waals surface area contributed by atoms with Crippen LogP contribution in [0.4, 0.5) is 4.79 Å². The Morgan fingerprint density at radius 3 is 2.17 bits per heavy atom. The number of likely N-dealkylation sites (tertiary alicyclic amines) is 1. The Hall–Kier alpha value is -0.810. The summed E-state index contributed by atoms with van der Waals surface area (Å²) in [6.07, 6.45) is -0.173. The van der Waals surface area contributed by atoms with Crippen LogP contribution in [0.1, 0.15) is 20.8 Å². The van der Waals surface area contributed by atoms with E-state index in [9.17, 15) is 4.79 Å². The Morgan fingerprint density at radius 1 is 1.11 bits per heavy atom. The maximum absolute atomic E-state index is 11.8. The number of nitrogens with zero attached hydrogens (tertiary/aromatic N) is 3. The maximum atomic E-state index is 11.8. The van der Waals surface area contributed by atoms with Crippen molar-refractivity contribution in [2.24, 2.45) is 0 Å². The number of piperazine rings is 1. The van der Waals surface area contributed by atoms with Gasteiger partial charge >= 0.3 is 6.09 Å². The lowest BCUT2D eigenvalue weighted by molar-refractivity contribution is -0.0231. The molecular weight excluding hydrogens is 230 g/mol. The minimum absolute atomic E-state index is 0.173. The predicted octanol–water partition coefficient (Wildman–Crippen LogP) is 0.853. The Balaban J connectivity index is 1.72. The first-order valence-electron chi connectivity index (χ1n) is 6.76. The van der Waals surface area contributed by atoms with E-state index in [2.05, 4.69) is 16.8 Å². The molecule has 0 spiro atoms. The van der Waals surface area contributed by atoms with E-state index in [0.717, 1.165) is 39.3 Å². The predicted molar refractivity (Wildman–Crippen MR) is 70.7 cm³/mol. The Labute approximate surface area is 110 Å². The van der Waals surface area contributed by atoms with Crippen LogP contribution < -0.4 is 0 Å². The molecule has 0 unspecified atom stereocenters. The minimum Gasteiger partial charge on any atom is -0.444 e. The number of likely N-dealkylation sites (N-methyl/N-ethyl adjacent to an activating group) is 1. The van der Waals surface area contributed by atoms with Crippen LogP contribution in [0.3, 0.4) is 0 Å². The molecule has 0 saturated carbocycles. The second-order valence-electron chi connectivity index (χ2n) is 6.38. The van der Waals surface area contributed by atoms with Crippen molar-refractivity contribution in [2.75, 3.05) is 46.3 Å². The summed E-state index contributed by atoms with van der Waals surface area (Å²) in [5.41, 5.74) is -0.393. The fourth-order valence-electron chi connectivity index (χ4n) is 2.35. The SMILES string of the molecule is CN1CCN(C2CN(C(=O)OC(C)(C)C)C2)CC1. The molecule has 2 aliphatic heterocycles. The lowest BCUT2D eigenvalue weighted by Gasteiger charge is -2.47. The van der Waals surface area contributed by atoms with Crippen molar-refractivity contribution < 1.29 is 9.53 Å². The fourth-order valence-corrected chi connectivity index (χ4v) is 2.35. The topological polar surface area (TPSA) is 36.0 Å². The molecular formula is C13H25N3O2. The van der Waals surface area contributed by atoms with E-state index in [-0.39, 0.29) is 6.09 Å². The molecule has 0 aromatic rings. The zero-order valence-corrected chi connectivity index (χ0v) is 12.0. The number of rotatable bonds is 1. The van der Waals surface area contributed by atoms with Gasteiger partial charge in [-0.2, -0.15) is 0 Å². The summed E-state index contributed by atoms with van der Waals surface area (Å²) < 4.78 is 5.35. The third kappa shape index (κ3) is 3.36. The van der Waals surface area contributed by atoms with Crippen molar-refractivity contribution in [2.45, 2.75) is 32.4 Å². The van der Waals surface area contributed by atoms with E-state index in [0.29, 0.717) is 6.04 Å². The second-order valence-corrected chi connectivity index (χ2v) is 6.38. The molecule has 1 amide bonds. The molecule has 0 aliphatic carbocycles. The van der Waals surface area contributed by atoms with Crippen molar-refractivity contribution in [3.63, 3.8) is 0 Å². The minimum atomic E-state index is -0.393. The zero-order valence-electron chi connectivity index (χ0n) is 12.0. The Bertz CT molecular complexity index is 300. The summed E-state index contributed by atoms with van der Waals surface area (Å²) in [5.74, 6) is 0. The van der Waals surface area contributed by atoms with Crippen LogP contribution in [-0.4, -0.2) is 78.8 Å². The molecule has 18 heavy (non-hydrogen) atoms. The first-order valence-corrected chi connectivity index (χ1v) is 6.76. The van der Waals surface area contributed by atoms with Crippen LogP contribution in [0.2, 0.25) is 0 Å². The van der Waals surface area contributed by atoms with Crippen LogP contribution in [0.25, 0.3) is 0 Å². The summed E-state index contributed by atoms with van der Waals surface area (Å²) in [6.45, 7) is 11.8. The molecule has 2 heterocycles. The van der Waals surface area contributed by atoms with Gasteiger partial charge in [0.15, 0.2) is 0 Å². The summed E-state index contributed by atoms with van der Waals surface area (Å²) in [5, 5.41) is 0. The van der Waals surface area contributed by atoms with Crippen molar-refractivity contribution in [3.05, 3.63) is 0 Å². The average Bonchev–Trinajstić information content (AvgIpc) is 2.15. The van der Waals surface area contributed by atoms with E-state index < -0.39 is 5.60 Å². The highest BCUT2D eigenvalue weighted by Gasteiger charge is 2.37. The molecule has 0 bridgehead atoms. The molecule has 2 rings (SSSR count). The van der Waals surface area contributed by atoms with Gasteiger partial charge in [-0.05, 0) is 27.8 Å².